The van der Waals surface area contributed by atoms with Crippen LogP contribution in [0.2, 0.25) is 0 Å². The molecule has 0 atom stereocenters. The van der Waals surface area contributed by atoms with Crippen LogP contribution in [-0.4, -0.2) is 25.9 Å². The molecule has 0 saturated carbocycles. The van der Waals surface area contributed by atoms with E-state index < -0.39 is 0 Å². The van der Waals surface area contributed by atoms with Crippen LogP contribution in [0.3, 0.4) is 0 Å². The van der Waals surface area contributed by atoms with Crippen molar-refractivity contribution in [1.82, 2.24) is 10.6 Å². The highest BCUT2D eigenvalue weighted by molar-refractivity contribution is 5.93. The SMILES string of the molecule is C=C1CCCC(=NCc2ccc(OC)cc2)N/C=C\1CCC1=CC=CCCC(C(=O)NC)=C1. The predicted molar refractivity (Wildman–Crippen MR) is 136 cm³/mol. The summed E-state index contributed by atoms with van der Waals surface area (Å²) in [4.78, 5) is 17.0. The van der Waals surface area contributed by atoms with Crippen molar-refractivity contribution in [1.29, 1.82) is 0 Å². The fraction of sp³-hybridized carbons (Fsp3) is 0.357. The molecular weight excluding hydrogens is 410 g/mol. The molecule has 0 spiro atoms. The second-order valence-electron chi connectivity index (χ2n) is 8.34. The summed E-state index contributed by atoms with van der Waals surface area (Å²) in [5.74, 6) is 1.87. The number of ether oxygens (including phenoxy) is 1. The number of nitrogens with one attached hydrogen (secondary N) is 2. The van der Waals surface area contributed by atoms with Gasteiger partial charge in [0.1, 0.15) is 11.6 Å². The Kier molecular flexibility index (Phi) is 9.31. The number of nitrogens with zero attached hydrogens (tertiary/aromatic N) is 1. The number of amidine groups is 1. The molecule has 0 radical (unpaired) electrons. The van der Waals surface area contributed by atoms with E-state index in [0.29, 0.717) is 6.54 Å². The third-order valence-electron chi connectivity index (χ3n) is 5.96. The standard InChI is InChI=1S/C28H35N3O2/c1-21-8-7-11-27(30-19-23-13-16-26(33-3)17-14-23)31-20-25(21)15-12-22-9-5-4-6-10-24(18-22)28(32)29-2/h4-5,9,13-14,16-18,20H,1,6-8,10-12,15,19H2,2-3H3,(H,29,32)(H,30,31)/b5-4?,22-9?,24-18?,25-20-. The minimum Gasteiger partial charge on any atom is -0.497 e. The highest BCUT2D eigenvalue weighted by Crippen LogP contribution is 2.25. The number of carbonyl (C=O) groups is 1. The molecule has 0 fully saturated rings. The molecule has 3 rings (SSSR count). The monoisotopic (exact) mass is 445 g/mol. The van der Waals surface area contributed by atoms with Crippen LogP contribution in [-0.2, 0) is 11.3 Å². The van der Waals surface area contributed by atoms with Crippen LogP contribution < -0.4 is 15.4 Å². The van der Waals surface area contributed by atoms with E-state index in [1.807, 2.05) is 30.3 Å². The van der Waals surface area contributed by atoms with Crippen molar-refractivity contribution in [3.63, 3.8) is 0 Å². The van der Waals surface area contributed by atoms with Gasteiger partial charge < -0.3 is 15.4 Å². The van der Waals surface area contributed by atoms with E-state index in [0.717, 1.165) is 73.2 Å². The average Bonchev–Trinajstić information content (AvgIpc) is 2.81. The third kappa shape index (κ3) is 7.63. The molecule has 0 saturated heterocycles. The molecule has 2 N–H and O–H groups in total. The van der Waals surface area contributed by atoms with E-state index in [9.17, 15) is 4.79 Å². The van der Waals surface area contributed by atoms with Crippen molar-refractivity contribution in [3.8, 4) is 5.75 Å². The number of hydrogen-bond donors (Lipinski definition) is 2. The minimum absolute atomic E-state index is 0.00478. The van der Waals surface area contributed by atoms with Gasteiger partial charge in [0.2, 0.25) is 5.91 Å². The molecule has 0 bridgehead atoms. The number of methoxy groups -OCH3 is 1. The zero-order chi connectivity index (χ0) is 23.5. The lowest BCUT2D eigenvalue weighted by molar-refractivity contribution is -0.117. The van der Waals surface area contributed by atoms with Crippen LogP contribution in [0.4, 0.5) is 0 Å². The van der Waals surface area contributed by atoms with Gasteiger partial charge in [0.15, 0.2) is 0 Å². The number of amides is 1. The molecule has 5 heteroatoms. The number of allylic oxidation sites excluding steroid dienone is 7. The zero-order valence-corrected chi connectivity index (χ0v) is 19.8. The van der Waals surface area contributed by atoms with Gasteiger partial charge in [-0.2, -0.15) is 0 Å². The van der Waals surface area contributed by atoms with Gasteiger partial charge in [0.05, 0.1) is 13.7 Å². The summed E-state index contributed by atoms with van der Waals surface area (Å²) in [6, 6.07) is 8.03. The Morgan fingerprint density at radius 1 is 1.18 bits per heavy atom. The molecule has 1 heterocycles. The molecule has 1 aliphatic carbocycles. The van der Waals surface area contributed by atoms with E-state index in [-0.39, 0.29) is 5.91 Å². The normalized spacial score (nSPS) is 19.6. The first-order valence-corrected chi connectivity index (χ1v) is 11.7. The number of benzene rings is 1. The van der Waals surface area contributed by atoms with Gasteiger partial charge in [-0.25, -0.2) is 0 Å². The second kappa shape index (κ2) is 12.6. The summed E-state index contributed by atoms with van der Waals surface area (Å²) in [6.07, 6.45) is 16.7. The van der Waals surface area contributed by atoms with E-state index >= 15 is 0 Å². The molecule has 1 aliphatic heterocycles. The summed E-state index contributed by atoms with van der Waals surface area (Å²) in [6.45, 7) is 4.95. The van der Waals surface area contributed by atoms with Gasteiger partial charge in [-0.15, -0.1) is 0 Å². The van der Waals surface area contributed by atoms with Crippen LogP contribution >= 0.6 is 0 Å². The Morgan fingerprint density at radius 3 is 2.76 bits per heavy atom. The van der Waals surface area contributed by atoms with E-state index in [2.05, 4.69) is 41.6 Å². The number of rotatable bonds is 7. The average molecular weight is 446 g/mol. The lowest BCUT2D eigenvalue weighted by Crippen LogP contribution is -2.21. The molecule has 1 aromatic rings. The summed E-state index contributed by atoms with van der Waals surface area (Å²) in [7, 11) is 3.36. The van der Waals surface area contributed by atoms with Crippen molar-refractivity contribution in [3.05, 3.63) is 89.2 Å². The third-order valence-corrected chi connectivity index (χ3v) is 5.96. The van der Waals surface area contributed by atoms with Gasteiger partial charge in [-0.05, 0) is 67.4 Å². The van der Waals surface area contributed by atoms with Crippen molar-refractivity contribution in [2.45, 2.75) is 51.5 Å². The summed E-state index contributed by atoms with van der Waals surface area (Å²) in [5.41, 5.74) is 5.55. The maximum atomic E-state index is 12.2. The molecular formula is C28H35N3O2. The summed E-state index contributed by atoms with van der Waals surface area (Å²) >= 11 is 0. The van der Waals surface area contributed by atoms with Gasteiger partial charge in [-0.1, -0.05) is 48.6 Å². The van der Waals surface area contributed by atoms with Crippen molar-refractivity contribution < 1.29 is 9.53 Å². The number of likely N-dealkylation sites (N-methyl/N-ethyl adjacent to an activating group) is 1. The number of carbonyl (C=O) groups excluding carboxylic acids is 1. The Bertz CT molecular complexity index is 994. The fourth-order valence-corrected chi connectivity index (χ4v) is 3.91. The number of hydrogen-bond acceptors (Lipinski definition) is 3. The van der Waals surface area contributed by atoms with Crippen LogP contribution in [0.5, 0.6) is 5.75 Å². The van der Waals surface area contributed by atoms with Crippen LogP contribution in [0.1, 0.15) is 50.5 Å². The smallest absolute Gasteiger partial charge is 0.246 e. The van der Waals surface area contributed by atoms with Gasteiger partial charge in [0.25, 0.3) is 0 Å². The van der Waals surface area contributed by atoms with Crippen molar-refractivity contribution >= 4 is 11.7 Å². The highest BCUT2D eigenvalue weighted by Gasteiger charge is 2.12. The largest absolute Gasteiger partial charge is 0.497 e. The summed E-state index contributed by atoms with van der Waals surface area (Å²) in [5, 5.41) is 6.18. The van der Waals surface area contributed by atoms with Gasteiger partial charge in [-0.3, -0.25) is 9.79 Å². The maximum Gasteiger partial charge on any atom is 0.246 e. The molecule has 5 nitrogen and oxygen atoms in total. The molecule has 33 heavy (non-hydrogen) atoms. The lowest BCUT2D eigenvalue weighted by Gasteiger charge is -2.17. The van der Waals surface area contributed by atoms with E-state index in [1.54, 1.807) is 14.2 Å². The predicted octanol–water partition coefficient (Wildman–Crippen LogP) is 5.54. The van der Waals surface area contributed by atoms with Crippen LogP contribution in [0.25, 0.3) is 0 Å². The Labute approximate surface area is 197 Å². The van der Waals surface area contributed by atoms with Gasteiger partial charge in [0, 0.05) is 25.2 Å². The first-order chi connectivity index (χ1) is 16.1. The molecule has 0 aromatic heterocycles. The van der Waals surface area contributed by atoms with Crippen LogP contribution in [0, 0.1) is 0 Å². The molecule has 1 amide bonds. The lowest BCUT2D eigenvalue weighted by atomic mass is 9.93. The quantitative estimate of drug-likeness (QED) is 0.579. The summed E-state index contributed by atoms with van der Waals surface area (Å²) < 4.78 is 5.22. The van der Waals surface area contributed by atoms with Gasteiger partial charge >= 0.3 is 0 Å². The Balaban J connectivity index is 1.66. The number of aliphatic imine (C=N–C) groups is 1. The fourth-order valence-electron chi connectivity index (χ4n) is 3.91. The Hall–Kier alpha value is -3.34. The highest BCUT2D eigenvalue weighted by atomic mass is 16.5. The first-order valence-electron chi connectivity index (χ1n) is 11.7. The van der Waals surface area contributed by atoms with Crippen LogP contribution in [0.15, 0.2) is 88.6 Å². The first kappa shape index (κ1) is 24.3. The zero-order valence-electron chi connectivity index (χ0n) is 19.8. The van der Waals surface area contributed by atoms with Crippen molar-refractivity contribution in [2.24, 2.45) is 4.99 Å². The molecule has 1 aromatic carbocycles. The minimum atomic E-state index is 0.00478. The molecule has 174 valence electrons. The van der Waals surface area contributed by atoms with E-state index in [4.69, 9.17) is 9.73 Å². The van der Waals surface area contributed by atoms with Crippen molar-refractivity contribution in [2.75, 3.05) is 14.2 Å². The molecule has 2 aliphatic rings. The second-order valence-corrected chi connectivity index (χ2v) is 8.34. The maximum absolute atomic E-state index is 12.2. The van der Waals surface area contributed by atoms with E-state index in [1.165, 1.54) is 11.1 Å². The topological polar surface area (TPSA) is 62.7 Å². The molecule has 0 unspecified atom stereocenters. The Morgan fingerprint density at radius 2 is 2.00 bits per heavy atom.